The lowest BCUT2D eigenvalue weighted by molar-refractivity contribution is -0.0470. The minimum absolute atomic E-state index is 0.0844. The van der Waals surface area contributed by atoms with Gasteiger partial charge in [0, 0.05) is 24.5 Å². The Morgan fingerprint density at radius 1 is 1.32 bits per heavy atom. The number of nitrogens with zero attached hydrogens (tertiary/aromatic N) is 4. The molecule has 1 aromatic carbocycles. The van der Waals surface area contributed by atoms with Gasteiger partial charge in [-0.25, -0.2) is 4.98 Å². The summed E-state index contributed by atoms with van der Waals surface area (Å²) in [5.41, 5.74) is 1.80. The van der Waals surface area contributed by atoms with Crippen LogP contribution in [-0.4, -0.2) is 39.8 Å². The molecule has 1 N–H and O–H groups in total. The Morgan fingerprint density at radius 2 is 2.04 bits per heavy atom. The van der Waals surface area contributed by atoms with Crippen molar-refractivity contribution in [3.63, 3.8) is 0 Å². The van der Waals surface area contributed by atoms with Crippen LogP contribution in [0.4, 0.5) is 0 Å². The molecule has 6 nitrogen and oxygen atoms in total. The zero-order valence-electron chi connectivity index (χ0n) is 15.3. The van der Waals surface area contributed by atoms with E-state index in [0.29, 0.717) is 12.2 Å². The van der Waals surface area contributed by atoms with Gasteiger partial charge in [-0.1, -0.05) is 32.9 Å². The van der Waals surface area contributed by atoms with Crippen LogP contribution < -0.4 is 0 Å². The number of nitriles is 1. The highest BCUT2D eigenvalue weighted by molar-refractivity contribution is 5.32. The molecule has 1 saturated heterocycles. The van der Waals surface area contributed by atoms with Crippen LogP contribution in [0.15, 0.2) is 24.3 Å². The van der Waals surface area contributed by atoms with Crippen LogP contribution in [0.2, 0.25) is 0 Å². The number of nitrogens with one attached hydrogen (secondary N) is 1. The van der Waals surface area contributed by atoms with Gasteiger partial charge < -0.3 is 4.74 Å². The van der Waals surface area contributed by atoms with Crippen molar-refractivity contribution >= 4 is 0 Å². The molecule has 1 aromatic heterocycles. The molecule has 3 rings (SSSR count). The van der Waals surface area contributed by atoms with E-state index in [2.05, 4.69) is 53.8 Å². The number of ether oxygens (including phenoxy) is 1. The number of aromatic nitrogens is 3. The second kappa shape index (κ2) is 6.95. The molecule has 132 valence electrons. The Bertz CT molecular complexity index is 753. The summed E-state index contributed by atoms with van der Waals surface area (Å²) in [6.07, 6.45) is -0.0989. The maximum Gasteiger partial charge on any atom is 0.156 e. The molecule has 0 aliphatic carbocycles. The molecular weight excluding hydrogens is 314 g/mol. The molecule has 2 heterocycles. The standard InChI is InChI=1S/C19H25N5O/c1-13(15-7-5-14(11-20)6-8-15)24-9-10-25-16(12-24)17-21-18(23-22-17)19(2,3)4/h5-8,13,16H,9-10,12H2,1-4H3,(H,21,22,23)/t13-,16-/m1/s1. The molecular formula is C19H25N5O. The maximum atomic E-state index is 8.94. The zero-order chi connectivity index (χ0) is 18.0. The van der Waals surface area contributed by atoms with E-state index in [-0.39, 0.29) is 17.6 Å². The number of aromatic amines is 1. The lowest BCUT2D eigenvalue weighted by Gasteiger charge is -2.36. The topological polar surface area (TPSA) is 77.8 Å². The average molecular weight is 339 g/mol. The summed E-state index contributed by atoms with van der Waals surface area (Å²) in [5.74, 6) is 1.60. The molecule has 0 radical (unpaired) electrons. The van der Waals surface area contributed by atoms with Crippen LogP contribution in [0.5, 0.6) is 0 Å². The summed E-state index contributed by atoms with van der Waals surface area (Å²) in [5, 5.41) is 16.3. The van der Waals surface area contributed by atoms with E-state index in [0.717, 1.165) is 24.7 Å². The normalized spacial score (nSPS) is 20.2. The van der Waals surface area contributed by atoms with E-state index in [1.807, 2.05) is 24.3 Å². The van der Waals surface area contributed by atoms with Gasteiger partial charge in [-0.3, -0.25) is 10.00 Å². The van der Waals surface area contributed by atoms with Gasteiger partial charge in [0.05, 0.1) is 18.2 Å². The lowest BCUT2D eigenvalue weighted by Crippen LogP contribution is -2.40. The van der Waals surface area contributed by atoms with Crippen LogP contribution in [0.3, 0.4) is 0 Å². The number of hydrogen-bond donors (Lipinski definition) is 1. The lowest BCUT2D eigenvalue weighted by atomic mass is 9.96. The Kier molecular flexibility index (Phi) is 4.89. The third kappa shape index (κ3) is 3.89. The summed E-state index contributed by atoms with van der Waals surface area (Å²) < 4.78 is 5.92. The molecule has 6 heteroatoms. The smallest absolute Gasteiger partial charge is 0.156 e. The van der Waals surface area contributed by atoms with Crippen molar-refractivity contribution in [2.24, 2.45) is 0 Å². The van der Waals surface area contributed by atoms with E-state index in [9.17, 15) is 0 Å². The fraction of sp³-hybridized carbons (Fsp3) is 0.526. The quantitative estimate of drug-likeness (QED) is 0.929. The van der Waals surface area contributed by atoms with Gasteiger partial charge in [0.1, 0.15) is 6.10 Å². The van der Waals surface area contributed by atoms with Crippen LogP contribution in [0.25, 0.3) is 0 Å². The second-order valence-electron chi connectivity index (χ2n) is 7.56. The van der Waals surface area contributed by atoms with E-state index >= 15 is 0 Å². The van der Waals surface area contributed by atoms with Crippen LogP contribution in [0, 0.1) is 11.3 Å². The number of rotatable bonds is 3. The van der Waals surface area contributed by atoms with Gasteiger partial charge in [-0.15, -0.1) is 0 Å². The molecule has 0 spiro atoms. The first-order valence-corrected chi connectivity index (χ1v) is 8.67. The summed E-state index contributed by atoms with van der Waals surface area (Å²) in [6, 6.07) is 10.2. The molecule has 0 bridgehead atoms. The fourth-order valence-electron chi connectivity index (χ4n) is 2.99. The number of H-pyrrole nitrogens is 1. The summed E-state index contributed by atoms with van der Waals surface area (Å²) in [7, 11) is 0. The van der Waals surface area contributed by atoms with Crippen molar-refractivity contribution in [2.45, 2.75) is 45.3 Å². The Morgan fingerprint density at radius 3 is 2.64 bits per heavy atom. The molecule has 1 aliphatic heterocycles. The van der Waals surface area contributed by atoms with Gasteiger partial charge >= 0.3 is 0 Å². The molecule has 25 heavy (non-hydrogen) atoms. The predicted octanol–water partition coefficient (Wildman–Crippen LogP) is 3.11. The van der Waals surface area contributed by atoms with E-state index in [4.69, 9.17) is 10.00 Å². The number of morpholine rings is 1. The zero-order valence-corrected chi connectivity index (χ0v) is 15.3. The van der Waals surface area contributed by atoms with Crippen molar-refractivity contribution < 1.29 is 4.74 Å². The van der Waals surface area contributed by atoms with Crippen molar-refractivity contribution in [3.8, 4) is 6.07 Å². The highest BCUT2D eigenvalue weighted by atomic mass is 16.5. The minimum atomic E-state index is -0.0989. The average Bonchev–Trinajstić information content (AvgIpc) is 3.12. The van der Waals surface area contributed by atoms with Gasteiger partial charge in [0.2, 0.25) is 0 Å². The number of hydrogen-bond acceptors (Lipinski definition) is 5. The van der Waals surface area contributed by atoms with Crippen molar-refractivity contribution in [2.75, 3.05) is 19.7 Å². The molecule has 1 aliphatic rings. The fourth-order valence-corrected chi connectivity index (χ4v) is 2.99. The third-order valence-electron chi connectivity index (χ3n) is 4.65. The molecule has 2 atom stereocenters. The SMILES string of the molecule is C[C@H](c1ccc(C#N)cc1)N1CCO[C@@H](c2nc(C(C)(C)C)n[nH]2)C1. The van der Waals surface area contributed by atoms with Crippen LogP contribution in [-0.2, 0) is 10.2 Å². The van der Waals surface area contributed by atoms with E-state index in [1.54, 1.807) is 0 Å². The van der Waals surface area contributed by atoms with Gasteiger partial charge in [0.25, 0.3) is 0 Å². The second-order valence-corrected chi connectivity index (χ2v) is 7.56. The summed E-state index contributed by atoms with van der Waals surface area (Å²) in [4.78, 5) is 7.02. The Balaban J connectivity index is 1.72. The van der Waals surface area contributed by atoms with Crippen molar-refractivity contribution in [3.05, 3.63) is 47.0 Å². The number of benzene rings is 1. The Hall–Kier alpha value is -2.23. The summed E-state index contributed by atoms with van der Waals surface area (Å²) >= 11 is 0. The first-order chi connectivity index (χ1) is 11.9. The van der Waals surface area contributed by atoms with E-state index in [1.165, 1.54) is 5.56 Å². The van der Waals surface area contributed by atoms with Gasteiger partial charge in [-0.05, 0) is 24.6 Å². The molecule has 0 saturated carbocycles. The monoisotopic (exact) mass is 339 g/mol. The molecule has 0 unspecified atom stereocenters. The van der Waals surface area contributed by atoms with Crippen LogP contribution in [0.1, 0.15) is 62.6 Å². The maximum absolute atomic E-state index is 8.94. The Labute approximate surface area is 148 Å². The predicted molar refractivity (Wildman–Crippen MR) is 94.9 cm³/mol. The molecule has 0 amide bonds. The molecule has 1 fully saturated rings. The first kappa shape index (κ1) is 17.6. The van der Waals surface area contributed by atoms with Crippen LogP contribution >= 0.6 is 0 Å². The first-order valence-electron chi connectivity index (χ1n) is 8.67. The highest BCUT2D eigenvalue weighted by Gasteiger charge is 2.29. The van der Waals surface area contributed by atoms with Gasteiger partial charge in [0.15, 0.2) is 11.6 Å². The van der Waals surface area contributed by atoms with E-state index < -0.39 is 0 Å². The summed E-state index contributed by atoms with van der Waals surface area (Å²) in [6.45, 7) is 10.8. The molecule has 2 aromatic rings. The third-order valence-corrected chi connectivity index (χ3v) is 4.65. The minimum Gasteiger partial charge on any atom is -0.368 e. The van der Waals surface area contributed by atoms with Crippen molar-refractivity contribution in [1.29, 1.82) is 5.26 Å². The van der Waals surface area contributed by atoms with Crippen molar-refractivity contribution in [1.82, 2.24) is 20.1 Å². The largest absolute Gasteiger partial charge is 0.368 e. The highest BCUT2D eigenvalue weighted by Crippen LogP contribution is 2.28. The van der Waals surface area contributed by atoms with Gasteiger partial charge in [-0.2, -0.15) is 10.4 Å².